The maximum absolute atomic E-state index is 14.2. The van der Waals surface area contributed by atoms with E-state index in [1.54, 1.807) is 6.92 Å². The number of sulfonamides is 1. The van der Waals surface area contributed by atoms with Gasteiger partial charge in [-0.2, -0.15) is 13.2 Å². The van der Waals surface area contributed by atoms with E-state index in [0.717, 1.165) is 31.2 Å². The quantitative estimate of drug-likeness (QED) is 0.372. The fraction of sp³-hybridized carbons (Fsp3) is 0.455. The summed E-state index contributed by atoms with van der Waals surface area (Å²) in [7, 11) is -3.66. The zero-order valence-electron chi connectivity index (χ0n) is 18.6. The molecule has 6 nitrogen and oxygen atoms in total. The number of alkyl halides is 3. The number of amides is 1. The fourth-order valence-corrected chi connectivity index (χ4v) is 3.74. The molecule has 1 atom stereocenters. The number of nitrogens with zero attached hydrogens (tertiary/aromatic N) is 1. The highest BCUT2D eigenvalue weighted by Gasteiger charge is 2.33. The molecule has 0 saturated heterocycles. The van der Waals surface area contributed by atoms with Crippen LogP contribution in [0.4, 0.5) is 23.2 Å². The molecule has 1 unspecified atom stereocenters. The van der Waals surface area contributed by atoms with Crippen LogP contribution in [0.25, 0.3) is 0 Å². The molecule has 2 rings (SSSR count). The number of aromatic nitrogens is 1. The Kier molecular flexibility index (Phi) is 8.82. The van der Waals surface area contributed by atoms with Gasteiger partial charge in [0.15, 0.2) is 0 Å². The van der Waals surface area contributed by atoms with Crippen LogP contribution in [0.1, 0.15) is 61.5 Å². The van der Waals surface area contributed by atoms with Crippen LogP contribution in [0.2, 0.25) is 0 Å². The van der Waals surface area contributed by atoms with E-state index in [4.69, 9.17) is 0 Å². The van der Waals surface area contributed by atoms with Gasteiger partial charge in [0, 0.05) is 12.2 Å². The van der Waals surface area contributed by atoms with Gasteiger partial charge in [-0.1, -0.05) is 31.9 Å². The van der Waals surface area contributed by atoms with Crippen molar-refractivity contribution in [3.8, 4) is 0 Å². The minimum absolute atomic E-state index is 0.0219. The summed E-state index contributed by atoms with van der Waals surface area (Å²) in [6.07, 6.45) is -0.886. The summed E-state index contributed by atoms with van der Waals surface area (Å²) in [5, 5.41) is 2.66. The standard InChI is InChI=1S/C22H27F4N3O3S/c1-4-5-6-7-18-16(9-11-20(28-18)22(24,25)26)13-27-21(30)14(2)15-8-10-19(17(23)12-15)29-33(3,31)32/h8-12,14,29H,4-7,13H2,1-3H3,(H,27,30). The van der Waals surface area contributed by atoms with E-state index in [-0.39, 0.29) is 17.9 Å². The highest BCUT2D eigenvalue weighted by atomic mass is 32.2. The number of carbonyl (C=O) groups is 1. The number of carbonyl (C=O) groups excluding carboxylic acids is 1. The van der Waals surface area contributed by atoms with E-state index < -0.39 is 39.5 Å². The highest BCUT2D eigenvalue weighted by Crippen LogP contribution is 2.29. The zero-order chi connectivity index (χ0) is 24.8. The van der Waals surface area contributed by atoms with E-state index in [2.05, 4.69) is 10.3 Å². The molecule has 0 radical (unpaired) electrons. The Morgan fingerprint density at radius 2 is 1.85 bits per heavy atom. The molecule has 0 fully saturated rings. The van der Waals surface area contributed by atoms with Crippen molar-refractivity contribution in [1.82, 2.24) is 10.3 Å². The Hall–Kier alpha value is -2.69. The van der Waals surface area contributed by atoms with Crippen LogP contribution in [0, 0.1) is 5.82 Å². The van der Waals surface area contributed by atoms with Crippen molar-refractivity contribution >= 4 is 21.6 Å². The number of hydrogen-bond acceptors (Lipinski definition) is 4. The van der Waals surface area contributed by atoms with Crippen molar-refractivity contribution in [3.63, 3.8) is 0 Å². The lowest BCUT2D eigenvalue weighted by Crippen LogP contribution is -2.28. The number of aryl methyl sites for hydroxylation is 1. The van der Waals surface area contributed by atoms with Crippen LogP contribution in [-0.2, 0) is 34.0 Å². The van der Waals surface area contributed by atoms with E-state index >= 15 is 0 Å². The second-order valence-electron chi connectivity index (χ2n) is 7.81. The average Bonchev–Trinajstić information content (AvgIpc) is 2.72. The van der Waals surface area contributed by atoms with Crippen LogP contribution >= 0.6 is 0 Å². The fourth-order valence-electron chi connectivity index (χ4n) is 3.18. The van der Waals surface area contributed by atoms with Crippen LogP contribution in [0.3, 0.4) is 0 Å². The summed E-state index contributed by atoms with van der Waals surface area (Å²) in [4.78, 5) is 16.4. The number of unbranched alkanes of at least 4 members (excludes halogenated alkanes) is 2. The third-order valence-corrected chi connectivity index (χ3v) is 5.60. The topological polar surface area (TPSA) is 88.2 Å². The van der Waals surface area contributed by atoms with E-state index in [1.165, 1.54) is 18.2 Å². The van der Waals surface area contributed by atoms with Crippen LogP contribution in [-0.4, -0.2) is 25.6 Å². The van der Waals surface area contributed by atoms with Crippen molar-refractivity contribution in [2.45, 2.75) is 58.2 Å². The molecule has 0 aliphatic rings. The normalized spacial score (nSPS) is 12.9. The van der Waals surface area contributed by atoms with Crippen LogP contribution in [0.5, 0.6) is 0 Å². The number of nitrogens with one attached hydrogen (secondary N) is 2. The first-order chi connectivity index (χ1) is 15.3. The maximum Gasteiger partial charge on any atom is 0.433 e. The van der Waals surface area contributed by atoms with Gasteiger partial charge in [-0.25, -0.2) is 17.8 Å². The van der Waals surface area contributed by atoms with Gasteiger partial charge in [-0.05, 0) is 49.1 Å². The molecule has 1 aromatic carbocycles. The molecule has 1 heterocycles. The Morgan fingerprint density at radius 3 is 2.42 bits per heavy atom. The number of pyridine rings is 1. The van der Waals surface area contributed by atoms with E-state index in [0.29, 0.717) is 24.0 Å². The van der Waals surface area contributed by atoms with Crippen molar-refractivity contribution < 1.29 is 30.8 Å². The summed E-state index contributed by atoms with van der Waals surface area (Å²) in [5.41, 5.74) is -0.123. The summed E-state index contributed by atoms with van der Waals surface area (Å²) in [5.74, 6) is -2.07. The Labute approximate surface area is 190 Å². The largest absolute Gasteiger partial charge is 0.433 e. The highest BCUT2D eigenvalue weighted by molar-refractivity contribution is 7.92. The summed E-state index contributed by atoms with van der Waals surface area (Å²) in [6.45, 7) is 3.50. The van der Waals surface area contributed by atoms with Gasteiger partial charge >= 0.3 is 6.18 Å². The molecule has 11 heteroatoms. The van der Waals surface area contributed by atoms with Gasteiger partial charge in [-0.15, -0.1) is 0 Å². The van der Waals surface area contributed by atoms with Crippen LogP contribution in [0.15, 0.2) is 30.3 Å². The third kappa shape index (κ3) is 7.99. The van der Waals surface area contributed by atoms with Crippen molar-refractivity contribution in [3.05, 3.63) is 58.7 Å². The van der Waals surface area contributed by atoms with Crippen molar-refractivity contribution in [2.24, 2.45) is 0 Å². The minimum Gasteiger partial charge on any atom is -0.351 e. The monoisotopic (exact) mass is 489 g/mol. The van der Waals surface area contributed by atoms with Gasteiger partial charge in [0.2, 0.25) is 15.9 Å². The lowest BCUT2D eigenvalue weighted by Gasteiger charge is -2.16. The van der Waals surface area contributed by atoms with E-state index in [1.807, 2.05) is 11.6 Å². The van der Waals surface area contributed by atoms with Gasteiger partial charge in [-0.3, -0.25) is 9.52 Å². The molecule has 0 spiro atoms. The molecule has 2 N–H and O–H groups in total. The number of rotatable bonds is 10. The molecular formula is C22H27F4N3O3S. The second-order valence-corrected chi connectivity index (χ2v) is 9.56. The van der Waals surface area contributed by atoms with Gasteiger partial charge in [0.25, 0.3) is 0 Å². The Bertz CT molecular complexity index is 1090. The Balaban J connectivity index is 2.13. The number of hydrogen-bond donors (Lipinski definition) is 2. The van der Waals surface area contributed by atoms with Gasteiger partial charge < -0.3 is 5.32 Å². The molecule has 0 aliphatic heterocycles. The second kappa shape index (κ2) is 11.0. The lowest BCUT2D eigenvalue weighted by atomic mass is 9.99. The molecule has 0 saturated carbocycles. The van der Waals surface area contributed by atoms with Gasteiger partial charge in [0.05, 0.1) is 17.9 Å². The maximum atomic E-state index is 14.2. The van der Waals surface area contributed by atoms with Gasteiger partial charge in [0.1, 0.15) is 11.5 Å². The average molecular weight is 490 g/mol. The molecule has 1 amide bonds. The molecule has 0 aliphatic carbocycles. The predicted octanol–water partition coefficient (Wildman–Crippen LogP) is 4.76. The molecule has 1 aromatic heterocycles. The van der Waals surface area contributed by atoms with Crippen LogP contribution < -0.4 is 10.0 Å². The number of benzene rings is 1. The summed E-state index contributed by atoms with van der Waals surface area (Å²) < 4.78 is 78.0. The summed E-state index contributed by atoms with van der Waals surface area (Å²) in [6, 6.07) is 5.91. The molecule has 33 heavy (non-hydrogen) atoms. The molecular weight excluding hydrogens is 462 g/mol. The number of anilines is 1. The zero-order valence-corrected chi connectivity index (χ0v) is 19.4. The first-order valence-corrected chi connectivity index (χ1v) is 12.3. The molecule has 182 valence electrons. The smallest absolute Gasteiger partial charge is 0.351 e. The molecule has 0 bridgehead atoms. The third-order valence-electron chi connectivity index (χ3n) is 5.01. The minimum atomic E-state index is -4.56. The Morgan fingerprint density at radius 1 is 1.15 bits per heavy atom. The lowest BCUT2D eigenvalue weighted by molar-refractivity contribution is -0.141. The predicted molar refractivity (Wildman–Crippen MR) is 118 cm³/mol. The first kappa shape index (κ1) is 26.6. The number of halogens is 4. The SMILES string of the molecule is CCCCCc1nc(C(F)(F)F)ccc1CNC(=O)C(C)c1ccc(NS(C)(=O)=O)c(F)c1. The van der Waals surface area contributed by atoms with E-state index in [9.17, 15) is 30.8 Å². The molecule has 2 aromatic rings. The summed E-state index contributed by atoms with van der Waals surface area (Å²) >= 11 is 0. The van der Waals surface area contributed by atoms with Crippen molar-refractivity contribution in [1.29, 1.82) is 0 Å². The first-order valence-electron chi connectivity index (χ1n) is 10.4. The van der Waals surface area contributed by atoms with Crippen molar-refractivity contribution in [2.75, 3.05) is 11.0 Å².